The molecule has 4 nitrogen and oxygen atoms in total. The van der Waals surface area contributed by atoms with Crippen LogP contribution in [-0.2, 0) is 0 Å². The van der Waals surface area contributed by atoms with E-state index in [9.17, 15) is 18.4 Å². The molecule has 0 aliphatic carbocycles. The van der Waals surface area contributed by atoms with Gasteiger partial charge in [0.15, 0.2) is 0 Å². The monoisotopic (exact) mass is 373 g/mol. The van der Waals surface area contributed by atoms with E-state index in [-0.39, 0.29) is 18.2 Å². The van der Waals surface area contributed by atoms with Gasteiger partial charge in [0.2, 0.25) is 0 Å². The third kappa shape index (κ3) is 5.58. The zero-order chi connectivity index (χ0) is 17.6. The third-order valence-corrected chi connectivity index (χ3v) is 4.15. The van der Waals surface area contributed by atoms with Crippen LogP contribution in [0, 0.1) is 11.3 Å². The van der Waals surface area contributed by atoms with Crippen molar-refractivity contribution in [3.05, 3.63) is 41.2 Å². The molecule has 0 N–H and O–H groups in total. The van der Waals surface area contributed by atoms with Crippen molar-refractivity contribution in [3.63, 3.8) is 0 Å². The first kappa shape index (κ1) is 18.4. The molecule has 0 bridgehead atoms. The molecule has 1 heterocycles. The summed E-state index contributed by atoms with van der Waals surface area (Å²) in [7, 11) is 0. The van der Waals surface area contributed by atoms with Gasteiger partial charge >= 0.3 is 12.2 Å². The van der Waals surface area contributed by atoms with Gasteiger partial charge in [0.1, 0.15) is 11.8 Å². The molecule has 2 rings (SSSR count). The van der Waals surface area contributed by atoms with Gasteiger partial charge in [-0.05, 0) is 24.3 Å². The Balaban J connectivity index is 2.13. The number of ether oxygens (including phenoxy) is 1. The molecular formula is C15H11ClF3N3OS. The zero-order valence-corrected chi connectivity index (χ0v) is 13.8. The van der Waals surface area contributed by atoms with E-state index in [0.717, 1.165) is 11.8 Å². The lowest BCUT2D eigenvalue weighted by atomic mass is 10.2. The number of hydrogen-bond acceptors (Lipinski definition) is 5. The second kappa shape index (κ2) is 8.22. The minimum Gasteiger partial charge on any atom is -0.423 e. The summed E-state index contributed by atoms with van der Waals surface area (Å²) in [4.78, 5) is 8.24. The minimum atomic E-state index is -4.19. The molecule has 0 atom stereocenters. The van der Waals surface area contributed by atoms with Crippen LogP contribution in [0.25, 0.3) is 0 Å². The van der Waals surface area contributed by atoms with Crippen LogP contribution in [0.4, 0.5) is 13.2 Å². The van der Waals surface area contributed by atoms with Crippen LogP contribution in [0.2, 0.25) is 5.02 Å². The third-order valence-electron chi connectivity index (χ3n) is 2.75. The molecule has 126 valence electrons. The van der Waals surface area contributed by atoms with Gasteiger partial charge in [0.05, 0.1) is 27.9 Å². The van der Waals surface area contributed by atoms with Crippen molar-refractivity contribution in [3.8, 4) is 17.8 Å². The molecule has 1 aromatic heterocycles. The molecular weight excluding hydrogens is 363 g/mol. The Bertz CT molecular complexity index is 732. The molecule has 0 aliphatic heterocycles. The standard InChI is InChI=1S/C15H11ClF3N3OS/c16-11-8-21-14(22-9-11)23-12-4-1-3-10(7-20)13(12)24-6-2-5-15(17,18)19/h1,3-4,8-9H,2,5-6H2. The normalized spacial score (nSPS) is 11.1. The maximum atomic E-state index is 12.2. The Morgan fingerprint density at radius 1 is 1.25 bits per heavy atom. The van der Waals surface area contributed by atoms with E-state index in [4.69, 9.17) is 16.3 Å². The average molecular weight is 374 g/mol. The van der Waals surface area contributed by atoms with Gasteiger partial charge in [-0.1, -0.05) is 17.7 Å². The number of rotatable bonds is 6. The van der Waals surface area contributed by atoms with Crippen molar-refractivity contribution in [2.75, 3.05) is 5.75 Å². The van der Waals surface area contributed by atoms with Gasteiger partial charge < -0.3 is 4.74 Å². The number of benzene rings is 1. The van der Waals surface area contributed by atoms with Gasteiger partial charge in [0, 0.05) is 6.42 Å². The van der Waals surface area contributed by atoms with Gasteiger partial charge in [-0.2, -0.15) is 18.4 Å². The maximum absolute atomic E-state index is 12.2. The van der Waals surface area contributed by atoms with Crippen LogP contribution in [0.1, 0.15) is 18.4 Å². The van der Waals surface area contributed by atoms with E-state index >= 15 is 0 Å². The van der Waals surface area contributed by atoms with E-state index in [0.29, 0.717) is 21.2 Å². The molecule has 24 heavy (non-hydrogen) atoms. The lowest BCUT2D eigenvalue weighted by molar-refractivity contribution is -0.134. The van der Waals surface area contributed by atoms with E-state index < -0.39 is 12.6 Å². The summed E-state index contributed by atoms with van der Waals surface area (Å²) in [6, 6.07) is 6.82. The molecule has 0 fully saturated rings. The van der Waals surface area contributed by atoms with E-state index in [1.54, 1.807) is 18.2 Å². The highest BCUT2D eigenvalue weighted by Gasteiger charge is 2.26. The Morgan fingerprint density at radius 3 is 2.58 bits per heavy atom. The summed E-state index contributed by atoms with van der Waals surface area (Å²) in [6.07, 6.45) is -2.40. The Morgan fingerprint density at radius 2 is 1.96 bits per heavy atom. The number of nitrogens with zero attached hydrogens (tertiary/aromatic N) is 3. The number of alkyl halides is 3. The molecule has 9 heteroatoms. The highest BCUT2D eigenvalue weighted by atomic mass is 35.5. The summed E-state index contributed by atoms with van der Waals surface area (Å²) < 4.78 is 42.2. The van der Waals surface area contributed by atoms with E-state index in [1.165, 1.54) is 12.4 Å². The Hall–Kier alpha value is -1.98. The smallest absolute Gasteiger partial charge is 0.389 e. The number of nitriles is 1. The SMILES string of the molecule is N#Cc1cccc(Oc2ncc(Cl)cn2)c1SCCCC(F)(F)F. The summed E-state index contributed by atoms with van der Waals surface area (Å²) in [5, 5.41) is 9.53. The van der Waals surface area contributed by atoms with Crippen LogP contribution < -0.4 is 4.74 Å². The fourth-order valence-electron chi connectivity index (χ4n) is 1.73. The molecule has 1 aromatic carbocycles. The van der Waals surface area contributed by atoms with Gasteiger partial charge in [0.25, 0.3) is 0 Å². The van der Waals surface area contributed by atoms with Gasteiger partial charge in [-0.25, -0.2) is 9.97 Å². The second-order valence-electron chi connectivity index (χ2n) is 4.60. The minimum absolute atomic E-state index is 0.0339. The van der Waals surface area contributed by atoms with Gasteiger partial charge in [-0.15, -0.1) is 11.8 Å². The van der Waals surface area contributed by atoms with Crippen molar-refractivity contribution < 1.29 is 17.9 Å². The number of hydrogen-bond donors (Lipinski definition) is 0. The summed E-state index contributed by atoms with van der Waals surface area (Å²) in [5.41, 5.74) is 0.318. The zero-order valence-electron chi connectivity index (χ0n) is 12.2. The first-order valence-electron chi connectivity index (χ1n) is 6.77. The lowest BCUT2D eigenvalue weighted by Gasteiger charge is -2.11. The molecule has 0 radical (unpaired) electrons. The lowest BCUT2D eigenvalue weighted by Crippen LogP contribution is -2.07. The molecule has 0 aliphatic rings. The molecule has 2 aromatic rings. The maximum Gasteiger partial charge on any atom is 0.389 e. The summed E-state index contributed by atoms with van der Waals surface area (Å²) >= 11 is 6.83. The summed E-state index contributed by atoms with van der Waals surface area (Å²) in [5.74, 6) is 0.518. The predicted molar refractivity (Wildman–Crippen MR) is 84.3 cm³/mol. The Kier molecular flexibility index (Phi) is 6.29. The second-order valence-corrected chi connectivity index (χ2v) is 6.14. The predicted octanol–water partition coefficient (Wildman–Crippen LogP) is 5.23. The summed E-state index contributed by atoms with van der Waals surface area (Å²) in [6.45, 7) is 0. The fourth-order valence-corrected chi connectivity index (χ4v) is 2.84. The number of thioether (sulfide) groups is 1. The average Bonchev–Trinajstić information content (AvgIpc) is 2.53. The molecule has 0 spiro atoms. The molecule has 0 saturated carbocycles. The quantitative estimate of drug-likeness (QED) is 0.512. The van der Waals surface area contributed by atoms with Crippen molar-refractivity contribution >= 4 is 23.4 Å². The first-order valence-corrected chi connectivity index (χ1v) is 8.13. The molecule has 0 saturated heterocycles. The van der Waals surface area contributed by atoms with Crippen molar-refractivity contribution in [2.45, 2.75) is 23.9 Å². The van der Waals surface area contributed by atoms with E-state index in [2.05, 4.69) is 9.97 Å². The Labute approximate surface area is 145 Å². The largest absolute Gasteiger partial charge is 0.423 e. The highest BCUT2D eigenvalue weighted by Crippen LogP contribution is 2.35. The van der Waals surface area contributed by atoms with Crippen molar-refractivity contribution in [1.82, 2.24) is 9.97 Å². The van der Waals surface area contributed by atoms with Crippen LogP contribution in [0.3, 0.4) is 0 Å². The fraction of sp³-hybridized carbons (Fsp3) is 0.267. The van der Waals surface area contributed by atoms with Crippen LogP contribution in [0.15, 0.2) is 35.5 Å². The first-order chi connectivity index (χ1) is 11.4. The number of aromatic nitrogens is 2. The van der Waals surface area contributed by atoms with Gasteiger partial charge in [-0.3, -0.25) is 0 Å². The van der Waals surface area contributed by atoms with Crippen LogP contribution >= 0.6 is 23.4 Å². The highest BCUT2D eigenvalue weighted by molar-refractivity contribution is 7.99. The number of halogens is 4. The van der Waals surface area contributed by atoms with E-state index in [1.807, 2.05) is 6.07 Å². The van der Waals surface area contributed by atoms with Crippen molar-refractivity contribution in [2.24, 2.45) is 0 Å². The van der Waals surface area contributed by atoms with Crippen LogP contribution in [-0.4, -0.2) is 21.9 Å². The molecule has 0 amide bonds. The topological polar surface area (TPSA) is 58.8 Å². The van der Waals surface area contributed by atoms with Crippen molar-refractivity contribution in [1.29, 1.82) is 5.26 Å². The van der Waals surface area contributed by atoms with Crippen LogP contribution in [0.5, 0.6) is 11.8 Å². The molecule has 0 unspecified atom stereocenters.